The number of alkyl carbamates (subject to hydrolysis) is 1. The molecule has 2 aromatic carbocycles. The summed E-state index contributed by atoms with van der Waals surface area (Å²) in [6.07, 6.45) is 3.19. The second-order valence-electron chi connectivity index (χ2n) is 8.08. The Kier molecular flexibility index (Phi) is 10.2. The maximum Gasteiger partial charge on any atom is 0.408 e. The Hall–Kier alpha value is -3.98. The summed E-state index contributed by atoms with van der Waals surface area (Å²) in [7, 11) is 0. The van der Waals surface area contributed by atoms with Crippen LogP contribution >= 0.6 is 12.6 Å². The van der Waals surface area contributed by atoms with Crippen molar-refractivity contribution in [2.24, 2.45) is 0 Å². The largest absolute Gasteiger partial charge is 0.445 e. The van der Waals surface area contributed by atoms with Gasteiger partial charge in [0.2, 0.25) is 11.7 Å². The molecule has 0 aliphatic carbocycles. The van der Waals surface area contributed by atoms with Gasteiger partial charge in [-0.25, -0.2) is 4.79 Å². The van der Waals surface area contributed by atoms with E-state index in [0.29, 0.717) is 12.0 Å². The van der Waals surface area contributed by atoms with Gasteiger partial charge < -0.3 is 15.4 Å². The smallest absolute Gasteiger partial charge is 0.408 e. The lowest BCUT2D eigenvalue weighted by molar-refractivity contribution is -0.135. The van der Waals surface area contributed by atoms with Gasteiger partial charge in [0.1, 0.15) is 12.6 Å². The lowest BCUT2D eigenvalue weighted by Gasteiger charge is -2.22. The average Bonchev–Trinajstić information content (AvgIpc) is 2.90. The van der Waals surface area contributed by atoms with Crippen LogP contribution in [0.2, 0.25) is 0 Å². The minimum Gasteiger partial charge on any atom is -0.445 e. The maximum atomic E-state index is 13.2. The van der Waals surface area contributed by atoms with Crippen molar-refractivity contribution >= 4 is 35.5 Å². The summed E-state index contributed by atoms with van der Waals surface area (Å²) in [6, 6.07) is 19.8. The number of amides is 2. The summed E-state index contributed by atoms with van der Waals surface area (Å²) in [4.78, 5) is 53.9. The summed E-state index contributed by atoms with van der Waals surface area (Å²) < 4.78 is 5.24. The van der Waals surface area contributed by atoms with Gasteiger partial charge in [-0.2, -0.15) is 0 Å². The standard InChI is InChI=1S/C27H27N3O5S/c31-24(26(33)36)22(14-13-19-8-3-1-4-9-19)29-25(32)23(16-20-10-5-2-6-11-20)30-27(34)35-18-21-12-7-15-28-17-21/h1-12,15,17,22-23H,13-14,16,18H2,(H,29,32)(H,30,34)(H,33,36)/t22-,23-/m0/s1. The van der Waals surface area contributed by atoms with E-state index in [1.807, 2.05) is 60.7 Å². The fraction of sp³-hybridized carbons (Fsp3) is 0.222. The van der Waals surface area contributed by atoms with Crippen molar-refractivity contribution in [3.8, 4) is 0 Å². The first-order valence-electron chi connectivity index (χ1n) is 11.4. The zero-order valence-electron chi connectivity index (χ0n) is 19.5. The van der Waals surface area contributed by atoms with Crippen LogP contribution in [0.3, 0.4) is 0 Å². The predicted molar refractivity (Wildman–Crippen MR) is 137 cm³/mol. The number of nitrogens with one attached hydrogen (secondary N) is 2. The van der Waals surface area contributed by atoms with E-state index < -0.39 is 35.0 Å². The molecule has 3 rings (SSSR count). The van der Waals surface area contributed by atoms with Crippen molar-refractivity contribution in [1.29, 1.82) is 0 Å². The zero-order chi connectivity index (χ0) is 25.8. The van der Waals surface area contributed by atoms with Crippen molar-refractivity contribution < 1.29 is 23.9 Å². The molecule has 1 aromatic heterocycles. The van der Waals surface area contributed by atoms with Gasteiger partial charge in [-0.3, -0.25) is 19.4 Å². The van der Waals surface area contributed by atoms with Crippen LogP contribution in [0.4, 0.5) is 4.79 Å². The highest BCUT2D eigenvalue weighted by Gasteiger charge is 2.29. The normalized spacial score (nSPS) is 12.1. The Balaban J connectivity index is 1.70. The predicted octanol–water partition coefficient (Wildman–Crippen LogP) is 3.06. The van der Waals surface area contributed by atoms with Gasteiger partial charge in [0, 0.05) is 24.4 Å². The number of aryl methyl sites for hydroxylation is 1. The number of ether oxygens (including phenoxy) is 1. The topological polar surface area (TPSA) is 114 Å². The number of pyridine rings is 1. The molecule has 0 aliphatic rings. The van der Waals surface area contributed by atoms with Gasteiger partial charge in [0.05, 0.1) is 6.04 Å². The minimum atomic E-state index is -1.09. The summed E-state index contributed by atoms with van der Waals surface area (Å²) in [5, 5.41) is 4.26. The van der Waals surface area contributed by atoms with Gasteiger partial charge in [-0.05, 0) is 30.0 Å². The molecule has 8 nitrogen and oxygen atoms in total. The quantitative estimate of drug-likeness (QED) is 0.258. The lowest BCUT2D eigenvalue weighted by atomic mass is 10.0. The Labute approximate surface area is 214 Å². The van der Waals surface area contributed by atoms with E-state index in [-0.39, 0.29) is 19.4 Å². The molecule has 36 heavy (non-hydrogen) atoms. The molecule has 186 valence electrons. The highest BCUT2D eigenvalue weighted by molar-refractivity contribution is 7.98. The van der Waals surface area contributed by atoms with Crippen molar-refractivity contribution in [2.75, 3.05) is 0 Å². The third-order valence-electron chi connectivity index (χ3n) is 5.39. The molecular formula is C27H27N3O5S. The first-order chi connectivity index (χ1) is 17.4. The molecule has 0 saturated heterocycles. The van der Waals surface area contributed by atoms with E-state index in [9.17, 15) is 19.2 Å². The number of carbonyl (C=O) groups excluding carboxylic acids is 4. The van der Waals surface area contributed by atoms with Crippen LogP contribution in [0.5, 0.6) is 0 Å². The van der Waals surface area contributed by atoms with Crippen molar-refractivity contribution in [2.45, 2.75) is 38.0 Å². The van der Waals surface area contributed by atoms with Crippen LogP contribution in [-0.4, -0.2) is 40.0 Å². The van der Waals surface area contributed by atoms with E-state index >= 15 is 0 Å². The molecule has 0 unspecified atom stereocenters. The molecule has 2 amide bonds. The maximum absolute atomic E-state index is 13.2. The first kappa shape index (κ1) is 26.6. The summed E-state index contributed by atoms with van der Waals surface area (Å²) in [6.45, 7) is -0.0221. The number of carbonyl (C=O) groups is 4. The number of ketones is 1. The van der Waals surface area contributed by atoms with E-state index in [0.717, 1.165) is 11.1 Å². The number of thiol groups is 1. The van der Waals surface area contributed by atoms with Crippen LogP contribution in [0.25, 0.3) is 0 Å². The Morgan fingerprint density at radius 3 is 2.06 bits per heavy atom. The number of hydrogen-bond acceptors (Lipinski definition) is 6. The van der Waals surface area contributed by atoms with E-state index in [1.165, 1.54) is 0 Å². The molecule has 0 radical (unpaired) electrons. The highest BCUT2D eigenvalue weighted by Crippen LogP contribution is 2.10. The Bertz CT molecular complexity index is 1160. The first-order valence-corrected chi connectivity index (χ1v) is 11.8. The van der Waals surface area contributed by atoms with Crippen molar-refractivity contribution in [1.82, 2.24) is 15.6 Å². The molecule has 2 atom stereocenters. The number of hydrogen-bond donors (Lipinski definition) is 3. The van der Waals surface area contributed by atoms with E-state index in [1.54, 1.807) is 24.5 Å². The second-order valence-corrected chi connectivity index (χ2v) is 8.49. The van der Waals surface area contributed by atoms with Gasteiger partial charge in [-0.1, -0.05) is 79.4 Å². The van der Waals surface area contributed by atoms with Crippen LogP contribution in [0, 0.1) is 0 Å². The van der Waals surface area contributed by atoms with Gasteiger partial charge in [0.25, 0.3) is 5.12 Å². The molecule has 3 aromatic rings. The molecule has 9 heteroatoms. The van der Waals surface area contributed by atoms with Gasteiger partial charge in [0.15, 0.2) is 0 Å². The van der Waals surface area contributed by atoms with Crippen LogP contribution < -0.4 is 10.6 Å². The lowest BCUT2D eigenvalue weighted by Crippen LogP contribution is -2.53. The zero-order valence-corrected chi connectivity index (χ0v) is 20.4. The summed E-state index contributed by atoms with van der Waals surface area (Å²) in [5.74, 6) is -1.43. The SMILES string of the molecule is O=C(N[C@@H](Cc1ccccc1)C(=O)N[C@@H](CCc1ccccc1)C(=O)C(=O)S)OCc1cccnc1. The van der Waals surface area contributed by atoms with E-state index in [2.05, 4.69) is 28.2 Å². The van der Waals surface area contributed by atoms with Crippen LogP contribution in [0.1, 0.15) is 23.1 Å². The number of aromatic nitrogens is 1. The Morgan fingerprint density at radius 1 is 0.806 bits per heavy atom. The highest BCUT2D eigenvalue weighted by atomic mass is 32.1. The molecule has 1 heterocycles. The monoisotopic (exact) mass is 505 g/mol. The molecule has 0 aliphatic heterocycles. The number of nitrogens with zero attached hydrogens (tertiary/aromatic N) is 1. The molecule has 0 spiro atoms. The van der Waals surface area contributed by atoms with Crippen LogP contribution in [0.15, 0.2) is 85.2 Å². The molecule has 0 saturated carbocycles. The summed E-state index contributed by atoms with van der Waals surface area (Å²) in [5.41, 5.74) is 2.44. The van der Waals surface area contributed by atoms with Gasteiger partial charge in [-0.15, -0.1) is 0 Å². The van der Waals surface area contributed by atoms with Gasteiger partial charge >= 0.3 is 6.09 Å². The van der Waals surface area contributed by atoms with Crippen LogP contribution in [-0.2, 0) is 38.6 Å². The fourth-order valence-electron chi connectivity index (χ4n) is 3.52. The summed E-state index contributed by atoms with van der Waals surface area (Å²) >= 11 is 3.65. The fourth-order valence-corrected chi connectivity index (χ4v) is 3.68. The van der Waals surface area contributed by atoms with Crippen molar-refractivity contribution in [3.63, 3.8) is 0 Å². The molecular weight excluding hydrogens is 478 g/mol. The minimum absolute atomic E-state index is 0.0221. The molecule has 0 fully saturated rings. The number of benzene rings is 2. The number of Topliss-reactive ketones (excluding diaryl/α,β-unsaturated/α-hetero) is 1. The molecule has 0 bridgehead atoms. The average molecular weight is 506 g/mol. The molecule has 2 N–H and O–H groups in total. The van der Waals surface area contributed by atoms with Crippen molar-refractivity contribution in [3.05, 3.63) is 102 Å². The number of rotatable bonds is 12. The second kappa shape index (κ2) is 13.8. The third-order valence-corrected chi connectivity index (χ3v) is 5.61. The Morgan fingerprint density at radius 2 is 1.44 bits per heavy atom. The third kappa shape index (κ3) is 8.66. The van der Waals surface area contributed by atoms with E-state index in [4.69, 9.17) is 4.74 Å².